The van der Waals surface area contributed by atoms with Crippen LogP contribution >= 0.6 is 0 Å². The number of methoxy groups -OCH3 is 2. The smallest absolute Gasteiger partial charge is 0.230 e. The number of amides is 1. The number of hydrogen-bond acceptors (Lipinski definition) is 7. The van der Waals surface area contributed by atoms with E-state index in [1.165, 1.54) is 6.33 Å². The minimum atomic E-state index is -0.136. The monoisotopic (exact) mass is 433 g/mol. The summed E-state index contributed by atoms with van der Waals surface area (Å²) in [6.07, 6.45) is 4.23. The molecule has 4 rings (SSSR count). The SMILES string of the molecule is CCc1c[nH]nc1NC(=O)Cc1ccc(Oc2ncnc3cc(OC)c(OC)cc23)cc1. The summed E-state index contributed by atoms with van der Waals surface area (Å²) in [7, 11) is 3.14. The summed E-state index contributed by atoms with van der Waals surface area (Å²) < 4.78 is 16.7. The Kier molecular flexibility index (Phi) is 6.16. The molecule has 0 aliphatic carbocycles. The molecule has 2 aromatic carbocycles. The lowest BCUT2D eigenvalue weighted by atomic mass is 10.1. The summed E-state index contributed by atoms with van der Waals surface area (Å²) >= 11 is 0. The van der Waals surface area contributed by atoms with Gasteiger partial charge < -0.3 is 19.5 Å². The second-order valence-corrected chi connectivity index (χ2v) is 6.99. The van der Waals surface area contributed by atoms with Crippen LogP contribution < -0.4 is 19.5 Å². The van der Waals surface area contributed by atoms with Crippen molar-refractivity contribution in [2.45, 2.75) is 19.8 Å². The fraction of sp³-hybridized carbons (Fsp3) is 0.217. The first kappa shape index (κ1) is 21.1. The van der Waals surface area contributed by atoms with E-state index in [0.717, 1.165) is 17.5 Å². The molecule has 0 atom stereocenters. The normalized spacial score (nSPS) is 10.7. The molecule has 0 saturated carbocycles. The Hall–Kier alpha value is -4.14. The van der Waals surface area contributed by atoms with Crippen LogP contribution in [-0.2, 0) is 17.6 Å². The molecule has 0 radical (unpaired) electrons. The quantitative estimate of drug-likeness (QED) is 0.433. The number of anilines is 1. The van der Waals surface area contributed by atoms with Crippen molar-refractivity contribution in [1.29, 1.82) is 0 Å². The molecule has 164 valence electrons. The summed E-state index contributed by atoms with van der Waals surface area (Å²) in [4.78, 5) is 20.9. The summed E-state index contributed by atoms with van der Waals surface area (Å²) in [5.41, 5.74) is 2.49. The standard InChI is InChI=1S/C23H23N5O4/c1-4-15-12-26-28-22(15)27-21(29)9-14-5-7-16(8-6-14)32-23-17-10-19(30-2)20(31-3)11-18(17)24-13-25-23/h5-8,10-13H,4,9H2,1-3H3,(H2,26,27,28,29). The average Bonchev–Trinajstić information content (AvgIpc) is 3.26. The van der Waals surface area contributed by atoms with Crippen molar-refractivity contribution in [3.8, 4) is 23.1 Å². The van der Waals surface area contributed by atoms with E-state index in [2.05, 4.69) is 25.5 Å². The van der Waals surface area contributed by atoms with Crippen LogP contribution in [0.15, 0.2) is 48.9 Å². The van der Waals surface area contributed by atoms with Crippen LogP contribution in [0.3, 0.4) is 0 Å². The van der Waals surface area contributed by atoms with Gasteiger partial charge in [0, 0.05) is 17.8 Å². The van der Waals surface area contributed by atoms with Crippen molar-refractivity contribution >= 4 is 22.6 Å². The molecule has 0 spiro atoms. The van der Waals surface area contributed by atoms with Gasteiger partial charge in [-0.25, -0.2) is 9.97 Å². The molecule has 9 nitrogen and oxygen atoms in total. The molecular weight excluding hydrogens is 410 g/mol. The van der Waals surface area contributed by atoms with E-state index in [0.29, 0.717) is 39.8 Å². The van der Waals surface area contributed by atoms with Crippen molar-refractivity contribution in [2.75, 3.05) is 19.5 Å². The van der Waals surface area contributed by atoms with Crippen LogP contribution in [0.1, 0.15) is 18.1 Å². The van der Waals surface area contributed by atoms with Gasteiger partial charge in [0.25, 0.3) is 0 Å². The van der Waals surface area contributed by atoms with Gasteiger partial charge in [-0.2, -0.15) is 5.10 Å². The maximum atomic E-state index is 12.3. The third kappa shape index (κ3) is 4.46. The van der Waals surface area contributed by atoms with Crippen molar-refractivity contribution in [3.63, 3.8) is 0 Å². The molecule has 0 unspecified atom stereocenters. The lowest BCUT2D eigenvalue weighted by Gasteiger charge is -2.11. The lowest BCUT2D eigenvalue weighted by Crippen LogP contribution is -2.15. The number of carbonyl (C=O) groups is 1. The second-order valence-electron chi connectivity index (χ2n) is 6.99. The van der Waals surface area contributed by atoms with E-state index in [4.69, 9.17) is 14.2 Å². The van der Waals surface area contributed by atoms with Crippen molar-refractivity contribution in [1.82, 2.24) is 20.2 Å². The van der Waals surface area contributed by atoms with Crippen molar-refractivity contribution in [3.05, 3.63) is 60.0 Å². The largest absolute Gasteiger partial charge is 0.493 e. The number of ether oxygens (including phenoxy) is 3. The molecule has 1 amide bonds. The Morgan fingerprint density at radius 1 is 1.06 bits per heavy atom. The third-order valence-corrected chi connectivity index (χ3v) is 4.96. The van der Waals surface area contributed by atoms with E-state index in [9.17, 15) is 4.79 Å². The predicted molar refractivity (Wildman–Crippen MR) is 119 cm³/mol. The van der Waals surface area contributed by atoms with E-state index in [-0.39, 0.29) is 12.3 Å². The van der Waals surface area contributed by atoms with Gasteiger partial charge in [0.05, 0.1) is 31.5 Å². The number of nitrogens with zero attached hydrogens (tertiary/aromatic N) is 3. The topological polar surface area (TPSA) is 111 Å². The van der Waals surface area contributed by atoms with E-state index in [1.807, 2.05) is 19.1 Å². The number of hydrogen-bond donors (Lipinski definition) is 2. The predicted octanol–water partition coefficient (Wildman–Crippen LogP) is 3.91. The molecule has 0 bridgehead atoms. The Labute approximate surface area is 184 Å². The molecule has 9 heteroatoms. The number of carbonyl (C=O) groups excluding carboxylic acids is 1. The number of aromatic nitrogens is 4. The summed E-state index contributed by atoms with van der Waals surface area (Å²) in [6, 6.07) is 10.8. The van der Waals surface area contributed by atoms with E-state index in [1.54, 1.807) is 44.7 Å². The Morgan fingerprint density at radius 3 is 2.53 bits per heavy atom. The van der Waals surface area contributed by atoms with Crippen LogP contribution in [0, 0.1) is 0 Å². The summed E-state index contributed by atoms with van der Waals surface area (Å²) in [5, 5.41) is 10.4. The van der Waals surface area contributed by atoms with Crippen molar-refractivity contribution < 1.29 is 19.0 Å². The highest BCUT2D eigenvalue weighted by molar-refractivity contribution is 5.92. The van der Waals surface area contributed by atoms with Gasteiger partial charge in [-0.3, -0.25) is 9.89 Å². The number of aromatic amines is 1. The third-order valence-electron chi connectivity index (χ3n) is 4.96. The summed E-state index contributed by atoms with van der Waals surface area (Å²) in [5.74, 6) is 2.55. The first-order valence-corrected chi connectivity index (χ1v) is 10.1. The first-order chi connectivity index (χ1) is 15.6. The van der Waals surface area contributed by atoms with Crippen molar-refractivity contribution in [2.24, 2.45) is 0 Å². The van der Waals surface area contributed by atoms with E-state index >= 15 is 0 Å². The number of H-pyrrole nitrogens is 1. The zero-order valence-corrected chi connectivity index (χ0v) is 18.0. The molecule has 2 N–H and O–H groups in total. The van der Waals surface area contributed by atoms with Gasteiger partial charge in [-0.05, 0) is 30.2 Å². The molecule has 2 aromatic heterocycles. The number of aryl methyl sites for hydroxylation is 1. The molecule has 0 fully saturated rings. The molecule has 0 aliphatic rings. The van der Waals surface area contributed by atoms with Gasteiger partial charge >= 0.3 is 0 Å². The zero-order valence-electron chi connectivity index (χ0n) is 18.0. The fourth-order valence-corrected chi connectivity index (χ4v) is 3.28. The highest BCUT2D eigenvalue weighted by Crippen LogP contribution is 2.35. The zero-order chi connectivity index (χ0) is 22.5. The average molecular weight is 433 g/mol. The Morgan fingerprint density at radius 2 is 1.81 bits per heavy atom. The van der Waals surface area contributed by atoms with Gasteiger partial charge in [0.2, 0.25) is 11.8 Å². The second kappa shape index (κ2) is 9.34. The van der Waals surface area contributed by atoms with E-state index < -0.39 is 0 Å². The Bertz CT molecular complexity index is 1240. The fourth-order valence-electron chi connectivity index (χ4n) is 3.28. The number of nitrogens with one attached hydrogen (secondary N) is 2. The minimum Gasteiger partial charge on any atom is -0.493 e. The lowest BCUT2D eigenvalue weighted by molar-refractivity contribution is -0.115. The maximum absolute atomic E-state index is 12.3. The number of fused-ring (bicyclic) bond motifs is 1. The van der Waals surface area contributed by atoms with Crippen LogP contribution in [0.25, 0.3) is 10.9 Å². The minimum absolute atomic E-state index is 0.136. The Balaban J connectivity index is 1.48. The molecule has 0 saturated heterocycles. The van der Waals surface area contributed by atoms with Crippen LogP contribution in [0.5, 0.6) is 23.1 Å². The van der Waals surface area contributed by atoms with Gasteiger partial charge in [-0.15, -0.1) is 0 Å². The maximum Gasteiger partial charge on any atom is 0.230 e. The number of benzene rings is 2. The molecule has 4 aromatic rings. The van der Waals surface area contributed by atoms with Crippen LogP contribution in [0.2, 0.25) is 0 Å². The highest BCUT2D eigenvalue weighted by atomic mass is 16.5. The van der Waals surface area contributed by atoms with Crippen LogP contribution in [0.4, 0.5) is 5.82 Å². The molecule has 0 aliphatic heterocycles. The highest BCUT2D eigenvalue weighted by Gasteiger charge is 2.13. The van der Waals surface area contributed by atoms with Gasteiger partial charge in [0.15, 0.2) is 17.3 Å². The first-order valence-electron chi connectivity index (χ1n) is 10.1. The molecule has 32 heavy (non-hydrogen) atoms. The van der Waals surface area contributed by atoms with Gasteiger partial charge in [-0.1, -0.05) is 19.1 Å². The number of rotatable bonds is 8. The van der Waals surface area contributed by atoms with Gasteiger partial charge in [0.1, 0.15) is 12.1 Å². The van der Waals surface area contributed by atoms with Crippen LogP contribution in [-0.4, -0.2) is 40.3 Å². The molecule has 2 heterocycles. The summed E-state index contributed by atoms with van der Waals surface area (Å²) in [6.45, 7) is 2.01. The molecular formula is C23H23N5O4.